The molecule has 0 fully saturated rings. The molecule has 9 heteroatoms. The Balaban J connectivity index is 1.25. The van der Waals surface area contributed by atoms with Crippen LogP contribution in [0.1, 0.15) is 33.4 Å². The molecule has 0 aliphatic heterocycles. The van der Waals surface area contributed by atoms with Crippen LogP contribution in [0.25, 0.3) is 0 Å². The van der Waals surface area contributed by atoms with Gasteiger partial charge in [-0.3, -0.25) is 19.7 Å². The molecule has 4 aromatic heterocycles. The van der Waals surface area contributed by atoms with E-state index in [1.54, 1.807) is 6.33 Å². The van der Waals surface area contributed by atoms with Crippen LogP contribution in [0.3, 0.4) is 0 Å². The van der Waals surface area contributed by atoms with Crippen molar-refractivity contribution in [2.45, 2.75) is 41.5 Å². The van der Waals surface area contributed by atoms with Crippen molar-refractivity contribution in [1.29, 1.82) is 0 Å². The maximum absolute atomic E-state index is 5.71. The van der Waals surface area contributed by atoms with Crippen molar-refractivity contribution in [3.63, 3.8) is 0 Å². The molecule has 4 heterocycles. The lowest BCUT2D eigenvalue weighted by atomic mass is 10.0. The summed E-state index contributed by atoms with van der Waals surface area (Å²) < 4.78 is 0. The molecule has 0 aliphatic carbocycles. The van der Waals surface area contributed by atoms with Crippen molar-refractivity contribution >= 4 is 68.9 Å². The molecule has 0 amide bonds. The number of anilines is 12. The Kier molecular flexibility index (Phi) is 11.6. The quantitative estimate of drug-likeness (QED) is 0.120. The molecule has 0 N–H and O–H groups in total. The highest BCUT2D eigenvalue weighted by Gasteiger charge is 2.29. The number of nitrogens with zero attached hydrogens (tertiary/aromatic N) is 9. The van der Waals surface area contributed by atoms with E-state index in [-0.39, 0.29) is 0 Å². The zero-order valence-corrected chi connectivity index (χ0v) is 36.9. The molecule has 9 rings (SSSR count). The number of para-hydroxylation sites is 4. The summed E-state index contributed by atoms with van der Waals surface area (Å²) in [6.07, 6.45) is 7.23. The van der Waals surface area contributed by atoms with Crippen LogP contribution in [0.15, 0.2) is 189 Å². The summed E-state index contributed by atoms with van der Waals surface area (Å²) in [4.78, 5) is 33.9. The van der Waals surface area contributed by atoms with Gasteiger partial charge in [0.25, 0.3) is 0 Å². The van der Waals surface area contributed by atoms with E-state index in [0.29, 0.717) is 5.82 Å². The molecule has 0 bridgehead atoms. The Labute approximate surface area is 375 Å². The Bertz CT molecular complexity index is 2830. The van der Waals surface area contributed by atoms with Gasteiger partial charge >= 0.3 is 0 Å². The van der Waals surface area contributed by atoms with E-state index in [1.807, 2.05) is 73.2 Å². The third-order valence-electron chi connectivity index (χ3n) is 11.5. The fourth-order valence-corrected chi connectivity index (χ4v) is 8.37. The Morgan fingerprint density at radius 2 is 0.812 bits per heavy atom. The van der Waals surface area contributed by atoms with Crippen molar-refractivity contribution < 1.29 is 0 Å². The summed E-state index contributed by atoms with van der Waals surface area (Å²) in [5.74, 6) is 3.75. The molecular weight excluding hydrogens is 787 g/mol. The first-order chi connectivity index (χ1) is 31.3. The van der Waals surface area contributed by atoms with Gasteiger partial charge in [-0.1, -0.05) is 84.9 Å². The number of pyridine rings is 3. The monoisotopic (exact) mass is 835 g/mol. The number of hydrogen-bond donors (Lipinski definition) is 0. The molecule has 64 heavy (non-hydrogen) atoms. The molecule has 0 atom stereocenters. The van der Waals surface area contributed by atoms with Gasteiger partial charge in [-0.05, 0) is 148 Å². The highest BCUT2D eigenvalue weighted by molar-refractivity contribution is 5.88. The van der Waals surface area contributed by atoms with Gasteiger partial charge in [0.05, 0.1) is 17.1 Å². The van der Waals surface area contributed by atoms with Crippen LogP contribution < -0.4 is 19.6 Å². The van der Waals surface area contributed by atoms with Crippen LogP contribution in [-0.2, 0) is 0 Å². The zero-order valence-electron chi connectivity index (χ0n) is 36.9. The van der Waals surface area contributed by atoms with Gasteiger partial charge in [0.1, 0.15) is 35.4 Å². The molecule has 9 nitrogen and oxygen atoms in total. The third-order valence-corrected chi connectivity index (χ3v) is 11.5. The average Bonchev–Trinajstić information content (AvgIpc) is 3.32. The fourth-order valence-electron chi connectivity index (χ4n) is 8.37. The normalized spacial score (nSPS) is 11.0. The fraction of sp³-hybridized carbons (Fsp3) is 0.109. The van der Waals surface area contributed by atoms with Crippen LogP contribution in [0.5, 0.6) is 0 Å². The lowest BCUT2D eigenvalue weighted by Crippen LogP contribution is -2.22. The van der Waals surface area contributed by atoms with E-state index in [0.717, 1.165) is 96.5 Å². The first kappa shape index (κ1) is 41.2. The van der Waals surface area contributed by atoms with Crippen LogP contribution in [0.4, 0.5) is 68.9 Å². The summed E-state index contributed by atoms with van der Waals surface area (Å²) in [6, 6.07) is 56.4. The number of aryl methyl sites for hydroxylation is 4. The topological polar surface area (TPSA) is 77.4 Å². The van der Waals surface area contributed by atoms with E-state index < -0.39 is 0 Å². The smallest absolute Gasteiger partial charge is 0.147 e. The summed E-state index contributed by atoms with van der Waals surface area (Å²) in [6.45, 7) is 12.7. The first-order valence-corrected chi connectivity index (χ1v) is 21.4. The summed E-state index contributed by atoms with van der Waals surface area (Å²) in [5.41, 5.74) is 13.0. The number of benzene rings is 5. The zero-order chi connectivity index (χ0) is 44.2. The van der Waals surface area contributed by atoms with Crippen LogP contribution in [0, 0.1) is 41.5 Å². The van der Waals surface area contributed by atoms with Crippen LogP contribution in [-0.4, -0.2) is 24.9 Å². The number of rotatable bonds is 12. The SMILES string of the molecule is Cc1cnccc1N(c1ccccc1)c1cccc(N(c2ccccc2)c2nc(N(c3ccccc3)c3ncnc(N(c4ccccc4)c4ncccc4C)c3C)c(C)cc2C)c1C. The van der Waals surface area contributed by atoms with E-state index in [9.17, 15) is 0 Å². The Morgan fingerprint density at radius 1 is 0.328 bits per heavy atom. The van der Waals surface area contributed by atoms with Gasteiger partial charge in [-0.2, -0.15) is 0 Å². The predicted molar refractivity (Wildman–Crippen MR) is 263 cm³/mol. The molecule has 5 aromatic carbocycles. The van der Waals surface area contributed by atoms with Crippen molar-refractivity contribution in [1.82, 2.24) is 24.9 Å². The lowest BCUT2D eigenvalue weighted by molar-refractivity contribution is 1.01. The molecule has 314 valence electrons. The van der Waals surface area contributed by atoms with Gasteiger partial charge in [-0.25, -0.2) is 19.9 Å². The Hall–Kier alpha value is -8.17. The molecule has 0 saturated heterocycles. The van der Waals surface area contributed by atoms with E-state index >= 15 is 0 Å². The third kappa shape index (κ3) is 7.91. The average molecular weight is 836 g/mol. The van der Waals surface area contributed by atoms with Crippen molar-refractivity contribution in [2.75, 3.05) is 19.6 Å². The molecule has 0 aliphatic rings. The summed E-state index contributed by atoms with van der Waals surface area (Å²) in [7, 11) is 0. The standard InChI is InChI=1S/C55H49N9/c1-38-21-20-33-57-51(38)63(46-26-15-9-16-27-46)54-43(6)55(59-37-58-54)64(47-28-17-10-18-29-47)53-40(3)35-39(2)52(60-53)62(45-24-13-8-14-25-45)50-31-19-30-49(42(50)5)61(44-22-11-7-12-23-44)48-32-34-56-36-41(48)4/h7-37H,1-6H3. The Morgan fingerprint density at radius 3 is 1.34 bits per heavy atom. The maximum Gasteiger partial charge on any atom is 0.147 e. The van der Waals surface area contributed by atoms with Gasteiger partial charge in [0.15, 0.2) is 0 Å². The molecule has 0 unspecified atom stereocenters. The van der Waals surface area contributed by atoms with Gasteiger partial charge in [0, 0.05) is 46.9 Å². The molecule has 0 radical (unpaired) electrons. The molecular formula is C55H49N9. The second kappa shape index (κ2) is 18.0. The highest BCUT2D eigenvalue weighted by atomic mass is 15.3. The van der Waals surface area contributed by atoms with E-state index in [2.05, 4.69) is 175 Å². The van der Waals surface area contributed by atoms with Gasteiger partial charge in [0.2, 0.25) is 0 Å². The largest absolute Gasteiger partial charge is 0.310 e. The minimum atomic E-state index is 0.701. The second-order valence-corrected chi connectivity index (χ2v) is 15.8. The maximum atomic E-state index is 5.71. The van der Waals surface area contributed by atoms with E-state index in [1.165, 1.54) is 0 Å². The number of hydrogen-bond acceptors (Lipinski definition) is 9. The minimum absolute atomic E-state index is 0.701. The van der Waals surface area contributed by atoms with Crippen molar-refractivity contribution in [2.24, 2.45) is 0 Å². The summed E-state index contributed by atoms with van der Waals surface area (Å²) >= 11 is 0. The van der Waals surface area contributed by atoms with E-state index in [4.69, 9.17) is 19.9 Å². The molecule has 9 aromatic rings. The minimum Gasteiger partial charge on any atom is -0.310 e. The second-order valence-electron chi connectivity index (χ2n) is 15.8. The predicted octanol–water partition coefficient (Wildman–Crippen LogP) is 14.4. The number of aromatic nitrogens is 5. The van der Waals surface area contributed by atoms with Gasteiger partial charge < -0.3 is 4.90 Å². The molecule has 0 saturated carbocycles. The van der Waals surface area contributed by atoms with Crippen molar-refractivity contribution in [3.05, 3.63) is 222 Å². The lowest BCUT2D eigenvalue weighted by Gasteiger charge is -2.33. The van der Waals surface area contributed by atoms with Crippen molar-refractivity contribution in [3.8, 4) is 0 Å². The van der Waals surface area contributed by atoms with Crippen LogP contribution >= 0.6 is 0 Å². The van der Waals surface area contributed by atoms with Gasteiger partial charge in [-0.15, -0.1) is 0 Å². The molecule has 0 spiro atoms. The first-order valence-electron chi connectivity index (χ1n) is 21.4. The van der Waals surface area contributed by atoms with Crippen LogP contribution in [0.2, 0.25) is 0 Å². The summed E-state index contributed by atoms with van der Waals surface area (Å²) in [5, 5.41) is 0. The highest BCUT2D eigenvalue weighted by Crippen LogP contribution is 2.47.